The van der Waals surface area contributed by atoms with Gasteiger partial charge in [-0.15, -0.1) is 0 Å². The highest BCUT2D eigenvalue weighted by Crippen LogP contribution is 2.30. The van der Waals surface area contributed by atoms with Crippen molar-refractivity contribution in [3.05, 3.63) is 35.6 Å². The predicted octanol–water partition coefficient (Wildman–Crippen LogP) is 3.86. The summed E-state index contributed by atoms with van der Waals surface area (Å²) in [5.74, 6) is 1.33. The molecule has 0 saturated heterocycles. The summed E-state index contributed by atoms with van der Waals surface area (Å²) in [4.78, 5) is 14.6. The van der Waals surface area contributed by atoms with Crippen LogP contribution >= 0.6 is 0 Å². The van der Waals surface area contributed by atoms with Gasteiger partial charge < -0.3 is 15.1 Å². The van der Waals surface area contributed by atoms with Crippen LogP contribution in [0.15, 0.2) is 28.7 Å². The molecule has 2 aromatic rings. The summed E-state index contributed by atoms with van der Waals surface area (Å²) in [5.41, 5.74) is 8.05. The van der Waals surface area contributed by atoms with Crippen molar-refractivity contribution in [2.75, 3.05) is 7.05 Å². The lowest BCUT2D eigenvalue weighted by Gasteiger charge is -2.21. The van der Waals surface area contributed by atoms with E-state index in [1.54, 1.807) is 0 Å². The summed E-state index contributed by atoms with van der Waals surface area (Å²) in [6, 6.07) is 8.30. The molecule has 2 atom stereocenters. The van der Waals surface area contributed by atoms with Crippen LogP contribution in [-0.4, -0.2) is 23.9 Å². The molecule has 4 heteroatoms. The van der Waals surface area contributed by atoms with E-state index in [0.29, 0.717) is 6.54 Å². The summed E-state index contributed by atoms with van der Waals surface area (Å²) in [5, 5.41) is 1.13. The number of amides is 1. The highest BCUT2D eigenvalue weighted by Gasteiger charge is 2.30. The lowest BCUT2D eigenvalue weighted by molar-refractivity contribution is -0.134. The van der Waals surface area contributed by atoms with Crippen LogP contribution in [0.4, 0.5) is 0 Å². The second-order valence-electron chi connectivity index (χ2n) is 7.07. The average molecular weight is 328 g/mol. The Morgan fingerprint density at radius 2 is 2.12 bits per heavy atom. The van der Waals surface area contributed by atoms with Gasteiger partial charge in [-0.3, -0.25) is 4.79 Å². The molecule has 24 heavy (non-hydrogen) atoms. The topological polar surface area (TPSA) is 59.5 Å². The zero-order chi connectivity index (χ0) is 17.1. The van der Waals surface area contributed by atoms with Crippen molar-refractivity contribution < 1.29 is 9.21 Å². The third kappa shape index (κ3) is 3.48. The van der Waals surface area contributed by atoms with E-state index in [1.807, 2.05) is 30.1 Å². The van der Waals surface area contributed by atoms with Gasteiger partial charge in [0.25, 0.3) is 0 Å². The first-order valence-electron chi connectivity index (χ1n) is 9.10. The number of fused-ring (bicyclic) bond motifs is 1. The first-order chi connectivity index (χ1) is 11.6. The maximum absolute atomic E-state index is 12.7. The summed E-state index contributed by atoms with van der Waals surface area (Å²) in [6.07, 6.45) is 5.85. The van der Waals surface area contributed by atoms with Crippen molar-refractivity contribution in [3.63, 3.8) is 0 Å². The SMILES string of the molecule is CCCCc1oc2ccccc2c1CN(C)C(=O)C1CCC(N)C1. The minimum atomic E-state index is 0.0854. The average Bonchev–Trinajstić information content (AvgIpc) is 3.16. The van der Waals surface area contributed by atoms with Crippen LogP contribution in [0.5, 0.6) is 0 Å². The Morgan fingerprint density at radius 3 is 2.83 bits per heavy atom. The van der Waals surface area contributed by atoms with E-state index in [0.717, 1.165) is 60.8 Å². The molecule has 1 amide bonds. The van der Waals surface area contributed by atoms with Gasteiger partial charge in [-0.2, -0.15) is 0 Å². The van der Waals surface area contributed by atoms with Gasteiger partial charge in [-0.05, 0) is 31.7 Å². The molecule has 3 rings (SSSR count). The summed E-state index contributed by atoms with van der Waals surface area (Å²) in [7, 11) is 1.90. The molecule has 0 bridgehead atoms. The molecule has 0 spiro atoms. The Kier molecular flexibility index (Phi) is 5.24. The molecule has 0 aliphatic heterocycles. The van der Waals surface area contributed by atoms with Gasteiger partial charge >= 0.3 is 0 Å². The van der Waals surface area contributed by atoms with Crippen molar-refractivity contribution in [2.45, 2.75) is 58.0 Å². The van der Waals surface area contributed by atoms with Crippen LogP contribution in [0.25, 0.3) is 11.0 Å². The van der Waals surface area contributed by atoms with Gasteiger partial charge in [0, 0.05) is 42.9 Å². The van der Waals surface area contributed by atoms with Gasteiger partial charge in [0.1, 0.15) is 11.3 Å². The molecule has 2 N–H and O–H groups in total. The Hall–Kier alpha value is -1.81. The number of carbonyl (C=O) groups is 1. The van der Waals surface area contributed by atoms with Crippen molar-refractivity contribution >= 4 is 16.9 Å². The molecular weight excluding hydrogens is 300 g/mol. The highest BCUT2D eigenvalue weighted by atomic mass is 16.3. The van der Waals surface area contributed by atoms with Crippen LogP contribution in [-0.2, 0) is 17.8 Å². The quantitative estimate of drug-likeness (QED) is 0.876. The lowest BCUT2D eigenvalue weighted by Crippen LogP contribution is -2.32. The Balaban J connectivity index is 1.81. The van der Waals surface area contributed by atoms with E-state index in [9.17, 15) is 4.79 Å². The number of aryl methyl sites for hydroxylation is 1. The van der Waals surface area contributed by atoms with Gasteiger partial charge in [0.15, 0.2) is 0 Å². The van der Waals surface area contributed by atoms with Gasteiger partial charge in [0.2, 0.25) is 5.91 Å². The van der Waals surface area contributed by atoms with Crippen molar-refractivity contribution in [1.29, 1.82) is 0 Å². The van der Waals surface area contributed by atoms with Crippen molar-refractivity contribution in [1.82, 2.24) is 4.90 Å². The predicted molar refractivity (Wildman–Crippen MR) is 96.6 cm³/mol. The number of para-hydroxylation sites is 1. The fourth-order valence-corrected chi connectivity index (χ4v) is 3.73. The Morgan fingerprint density at radius 1 is 1.33 bits per heavy atom. The summed E-state index contributed by atoms with van der Waals surface area (Å²) >= 11 is 0. The first kappa shape index (κ1) is 17.0. The second-order valence-corrected chi connectivity index (χ2v) is 7.07. The number of hydrogen-bond donors (Lipinski definition) is 1. The lowest BCUT2D eigenvalue weighted by atomic mass is 10.0. The zero-order valence-electron chi connectivity index (χ0n) is 14.8. The van der Waals surface area contributed by atoms with E-state index < -0.39 is 0 Å². The van der Waals surface area contributed by atoms with Gasteiger partial charge in [-0.25, -0.2) is 0 Å². The monoisotopic (exact) mass is 328 g/mol. The maximum atomic E-state index is 12.7. The summed E-state index contributed by atoms with van der Waals surface area (Å²) in [6.45, 7) is 2.79. The molecule has 1 aromatic carbocycles. The van der Waals surface area contributed by atoms with Gasteiger partial charge in [0.05, 0.1) is 0 Å². The van der Waals surface area contributed by atoms with E-state index >= 15 is 0 Å². The smallest absolute Gasteiger partial charge is 0.225 e. The molecule has 1 saturated carbocycles. The second kappa shape index (κ2) is 7.39. The number of carbonyl (C=O) groups excluding carboxylic acids is 1. The zero-order valence-corrected chi connectivity index (χ0v) is 14.8. The van der Waals surface area contributed by atoms with Crippen LogP contribution in [0.1, 0.15) is 50.4 Å². The van der Waals surface area contributed by atoms with E-state index in [4.69, 9.17) is 10.2 Å². The molecule has 130 valence electrons. The molecule has 1 heterocycles. The molecule has 2 unspecified atom stereocenters. The molecule has 4 nitrogen and oxygen atoms in total. The summed E-state index contributed by atoms with van der Waals surface area (Å²) < 4.78 is 6.07. The highest BCUT2D eigenvalue weighted by molar-refractivity contribution is 5.84. The molecule has 1 aromatic heterocycles. The van der Waals surface area contributed by atoms with E-state index in [2.05, 4.69) is 13.0 Å². The number of rotatable bonds is 6. The standard InChI is InChI=1S/C20H28N2O2/c1-3-4-8-19-17(16-7-5-6-9-18(16)24-19)13-22(2)20(23)14-10-11-15(21)12-14/h5-7,9,14-15H,3-4,8,10-13,21H2,1-2H3. The number of unbranched alkanes of at least 4 members (excludes halogenated alkanes) is 1. The van der Waals surface area contributed by atoms with Crippen molar-refractivity contribution in [3.8, 4) is 0 Å². The Labute approximate surface area is 144 Å². The van der Waals surface area contributed by atoms with Crippen LogP contribution in [0.2, 0.25) is 0 Å². The number of nitrogens with zero attached hydrogens (tertiary/aromatic N) is 1. The van der Waals surface area contributed by atoms with E-state index in [-0.39, 0.29) is 17.9 Å². The van der Waals surface area contributed by atoms with Gasteiger partial charge in [-0.1, -0.05) is 31.5 Å². The minimum absolute atomic E-state index is 0.0854. The molecular formula is C20H28N2O2. The van der Waals surface area contributed by atoms with Crippen LogP contribution in [0.3, 0.4) is 0 Å². The van der Waals surface area contributed by atoms with Crippen LogP contribution < -0.4 is 5.73 Å². The molecule has 0 radical (unpaired) electrons. The maximum Gasteiger partial charge on any atom is 0.225 e. The Bertz CT molecular complexity index is 707. The fraction of sp³-hybridized carbons (Fsp3) is 0.550. The first-order valence-corrected chi connectivity index (χ1v) is 9.10. The third-order valence-corrected chi connectivity index (χ3v) is 5.13. The molecule has 1 fully saturated rings. The van der Waals surface area contributed by atoms with Crippen LogP contribution in [0, 0.1) is 5.92 Å². The minimum Gasteiger partial charge on any atom is -0.461 e. The number of hydrogen-bond acceptors (Lipinski definition) is 3. The molecule has 1 aliphatic carbocycles. The normalized spacial score (nSPS) is 20.6. The number of benzene rings is 1. The third-order valence-electron chi connectivity index (χ3n) is 5.13. The fourth-order valence-electron chi connectivity index (χ4n) is 3.73. The van der Waals surface area contributed by atoms with E-state index in [1.165, 1.54) is 0 Å². The molecule has 1 aliphatic rings. The largest absolute Gasteiger partial charge is 0.461 e. The number of nitrogens with two attached hydrogens (primary N) is 1. The van der Waals surface area contributed by atoms with Crippen molar-refractivity contribution in [2.24, 2.45) is 11.7 Å². The number of furan rings is 1.